The van der Waals surface area contributed by atoms with Crippen LogP contribution in [0.15, 0.2) is 78.0 Å². The summed E-state index contributed by atoms with van der Waals surface area (Å²) >= 11 is 1.28. The maximum atomic E-state index is 14.6. The normalized spacial score (nSPS) is 18.2. The molecule has 1 unspecified atom stereocenters. The lowest BCUT2D eigenvalue weighted by molar-refractivity contribution is -0.136. The van der Waals surface area contributed by atoms with Crippen molar-refractivity contribution in [2.75, 3.05) is 24.6 Å². The van der Waals surface area contributed by atoms with E-state index in [-0.39, 0.29) is 35.9 Å². The molecule has 16 heteroatoms. The molecule has 5 aromatic rings. The van der Waals surface area contributed by atoms with Crippen LogP contribution >= 0.6 is 11.8 Å². The summed E-state index contributed by atoms with van der Waals surface area (Å²) in [6.45, 7) is 1.16. The number of rotatable bonds is 13. The maximum Gasteiger partial charge on any atom is 0.263 e. The molecule has 3 aliphatic rings. The number of piperidine rings is 2. The molecule has 5 heterocycles. The van der Waals surface area contributed by atoms with Crippen LogP contribution in [-0.4, -0.2) is 84.0 Å². The van der Waals surface area contributed by atoms with E-state index < -0.39 is 35.5 Å². The fourth-order valence-corrected chi connectivity index (χ4v) is 8.96. The van der Waals surface area contributed by atoms with Crippen molar-refractivity contribution in [2.45, 2.75) is 74.8 Å². The first-order valence-electron chi connectivity index (χ1n) is 19.4. The average molecular weight is 805 g/mol. The van der Waals surface area contributed by atoms with Gasteiger partial charge in [-0.1, -0.05) is 31.0 Å². The Kier molecular flexibility index (Phi) is 11.2. The highest BCUT2D eigenvalue weighted by Gasteiger charge is 2.46. The summed E-state index contributed by atoms with van der Waals surface area (Å²) in [5, 5.41) is 7.84. The van der Waals surface area contributed by atoms with E-state index in [1.54, 1.807) is 0 Å². The van der Waals surface area contributed by atoms with E-state index in [9.17, 15) is 28.4 Å². The van der Waals surface area contributed by atoms with Gasteiger partial charge in [0.2, 0.25) is 17.7 Å². The molecule has 0 saturated carbocycles. The molecule has 2 saturated heterocycles. The Morgan fingerprint density at radius 1 is 0.931 bits per heavy atom. The van der Waals surface area contributed by atoms with Crippen LogP contribution in [0.1, 0.15) is 84.5 Å². The van der Waals surface area contributed by atoms with Gasteiger partial charge in [-0.05, 0) is 86.4 Å². The molecule has 0 radical (unpaired) electrons. The Morgan fingerprint density at radius 3 is 2.50 bits per heavy atom. The highest BCUT2D eigenvalue weighted by atomic mass is 32.2. The molecule has 0 bridgehead atoms. The summed E-state index contributed by atoms with van der Waals surface area (Å²) in [5.41, 5.74) is 8.53. The Labute approximate surface area is 337 Å². The average Bonchev–Trinajstić information content (AvgIpc) is 3.73. The summed E-state index contributed by atoms with van der Waals surface area (Å²) in [4.78, 5) is 75.9. The van der Waals surface area contributed by atoms with Crippen molar-refractivity contribution < 1.29 is 33.1 Å². The van der Waals surface area contributed by atoms with Crippen molar-refractivity contribution in [3.05, 3.63) is 90.0 Å². The molecule has 58 heavy (non-hydrogen) atoms. The SMILES string of the molecule is Nc1ncnc2c1c(-c1ccc(Oc3ccccc3)cc1)nn2[C@@H]1CCCN(C(=O)CCCCCCSc2cc(F)cc3c2C(=O)N(C2CCC(=O)NC2=O)C3=O)C1. The van der Waals surface area contributed by atoms with Gasteiger partial charge in [0, 0.05) is 36.4 Å². The highest BCUT2D eigenvalue weighted by Crippen LogP contribution is 2.37. The number of likely N-dealkylation sites (tertiary alicyclic amines) is 1. The van der Waals surface area contributed by atoms with Crippen LogP contribution in [0.3, 0.4) is 0 Å². The zero-order valence-electron chi connectivity index (χ0n) is 31.6. The Balaban J connectivity index is 0.837. The van der Waals surface area contributed by atoms with E-state index in [0.717, 1.165) is 54.4 Å². The van der Waals surface area contributed by atoms with E-state index in [1.807, 2.05) is 64.2 Å². The lowest BCUT2D eigenvalue weighted by Gasteiger charge is -2.33. The number of aromatic nitrogens is 4. The molecule has 2 atom stereocenters. The van der Waals surface area contributed by atoms with Crippen molar-refractivity contribution in [3.63, 3.8) is 0 Å². The number of hydrogen-bond donors (Lipinski definition) is 2. The van der Waals surface area contributed by atoms with Gasteiger partial charge in [0.25, 0.3) is 11.8 Å². The van der Waals surface area contributed by atoms with Crippen LogP contribution in [0, 0.1) is 5.82 Å². The summed E-state index contributed by atoms with van der Waals surface area (Å²) in [6.07, 6.45) is 6.59. The van der Waals surface area contributed by atoms with Crippen molar-refractivity contribution in [1.29, 1.82) is 0 Å². The van der Waals surface area contributed by atoms with E-state index in [1.165, 1.54) is 24.2 Å². The van der Waals surface area contributed by atoms with Gasteiger partial charge in [0.1, 0.15) is 41.2 Å². The number of thioether (sulfide) groups is 1. The number of nitrogens with two attached hydrogens (primary N) is 1. The number of halogens is 1. The number of para-hydroxylation sites is 1. The molecule has 14 nitrogen and oxygen atoms in total. The number of carbonyl (C=O) groups excluding carboxylic acids is 5. The van der Waals surface area contributed by atoms with Crippen LogP contribution in [0.5, 0.6) is 11.5 Å². The van der Waals surface area contributed by atoms with Crippen molar-refractivity contribution in [1.82, 2.24) is 34.9 Å². The van der Waals surface area contributed by atoms with Gasteiger partial charge in [-0.2, -0.15) is 5.10 Å². The largest absolute Gasteiger partial charge is 0.457 e. The monoisotopic (exact) mass is 804 g/mol. The van der Waals surface area contributed by atoms with Gasteiger partial charge in [-0.25, -0.2) is 19.0 Å². The number of anilines is 1. The van der Waals surface area contributed by atoms with E-state index >= 15 is 0 Å². The standard InChI is InChI=1S/C42H41FN8O6S/c43-26-21-30-35(42(56)50(41(30)55)31-17-18-33(52)47-40(31)54)32(22-26)58-20-7-2-1-6-12-34(53)49-19-8-9-27(23-49)51-39-36(38(44)45-24-46-39)37(48-51)25-13-15-29(16-14-25)57-28-10-4-3-5-11-28/h3-5,10-11,13-16,21-22,24,27,31H,1-2,6-9,12,17-20,23H2,(H2,44,45,46)(H,47,52,54)/t27-,31?/m1/s1. The number of nitrogens with one attached hydrogen (secondary N) is 1. The number of amides is 5. The molecule has 2 aromatic heterocycles. The maximum absolute atomic E-state index is 14.6. The van der Waals surface area contributed by atoms with Crippen LogP contribution in [0.2, 0.25) is 0 Å². The lowest BCUT2D eigenvalue weighted by Crippen LogP contribution is -2.54. The molecular formula is C42H41FN8O6S. The summed E-state index contributed by atoms with van der Waals surface area (Å²) in [7, 11) is 0. The van der Waals surface area contributed by atoms with Crippen LogP contribution < -0.4 is 15.8 Å². The Bertz CT molecular complexity index is 2410. The second kappa shape index (κ2) is 16.7. The zero-order chi connectivity index (χ0) is 40.3. The summed E-state index contributed by atoms with van der Waals surface area (Å²) < 4.78 is 22.5. The number of imide groups is 2. The zero-order valence-corrected chi connectivity index (χ0v) is 32.4. The van der Waals surface area contributed by atoms with Crippen LogP contribution in [0.4, 0.5) is 10.2 Å². The second-order valence-electron chi connectivity index (χ2n) is 14.6. The number of benzene rings is 3. The van der Waals surface area contributed by atoms with Crippen molar-refractivity contribution in [2.24, 2.45) is 0 Å². The molecule has 8 rings (SSSR count). The third kappa shape index (κ3) is 7.88. The number of hydrogen-bond acceptors (Lipinski definition) is 11. The molecule has 5 amide bonds. The number of unbranched alkanes of at least 4 members (excludes halogenated alkanes) is 3. The Hall–Kier alpha value is -6.16. The van der Waals surface area contributed by atoms with Crippen LogP contribution in [0.25, 0.3) is 22.3 Å². The van der Waals surface area contributed by atoms with Crippen molar-refractivity contribution in [3.8, 4) is 22.8 Å². The molecular weight excluding hydrogens is 764 g/mol. The van der Waals surface area contributed by atoms with Crippen LogP contribution in [-0.2, 0) is 14.4 Å². The van der Waals surface area contributed by atoms with Gasteiger partial charge in [-0.3, -0.25) is 34.2 Å². The predicted molar refractivity (Wildman–Crippen MR) is 213 cm³/mol. The van der Waals surface area contributed by atoms with Gasteiger partial charge < -0.3 is 15.4 Å². The fourth-order valence-electron chi connectivity index (χ4n) is 7.85. The smallest absolute Gasteiger partial charge is 0.263 e. The van der Waals surface area contributed by atoms with Gasteiger partial charge in [0.15, 0.2) is 5.65 Å². The minimum absolute atomic E-state index is 0.00258. The predicted octanol–water partition coefficient (Wildman–Crippen LogP) is 6.31. The first-order valence-corrected chi connectivity index (χ1v) is 20.4. The van der Waals surface area contributed by atoms with E-state index in [0.29, 0.717) is 64.9 Å². The van der Waals surface area contributed by atoms with Gasteiger partial charge in [0.05, 0.1) is 22.6 Å². The number of ether oxygens (including phenoxy) is 1. The summed E-state index contributed by atoms with van der Waals surface area (Å²) in [5.74, 6) is -0.816. The molecule has 0 spiro atoms. The van der Waals surface area contributed by atoms with Gasteiger partial charge >= 0.3 is 0 Å². The fraction of sp³-hybridized carbons (Fsp3) is 0.333. The molecule has 2 fully saturated rings. The van der Waals surface area contributed by atoms with Crippen molar-refractivity contribution >= 4 is 58.1 Å². The molecule has 3 aromatic carbocycles. The second-order valence-corrected chi connectivity index (χ2v) is 15.7. The minimum atomic E-state index is -1.12. The molecule has 3 N–H and O–H groups in total. The number of fused-ring (bicyclic) bond motifs is 2. The van der Waals surface area contributed by atoms with E-state index in [4.69, 9.17) is 15.6 Å². The summed E-state index contributed by atoms with van der Waals surface area (Å²) in [6, 6.07) is 18.2. The number of carbonyl (C=O) groups is 5. The van der Waals surface area contributed by atoms with Gasteiger partial charge in [-0.15, -0.1) is 11.8 Å². The molecule has 0 aliphatic carbocycles. The Morgan fingerprint density at radius 2 is 1.71 bits per heavy atom. The topological polar surface area (TPSA) is 183 Å². The number of nitrogens with zero attached hydrogens (tertiary/aromatic N) is 6. The highest BCUT2D eigenvalue weighted by molar-refractivity contribution is 7.99. The minimum Gasteiger partial charge on any atom is -0.457 e. The van der Waals surface area contributed by atoms with E-state index in [2.05, 4.69) is 15.3 Å². The lowest BCUT2D eigenvalue weighted by atomic mass is 10.0. The molecule has 3 aliphatic heterocycles. The molecule has 298 valence electrons. The third-order valence-corrected chi connectivity index (χ3v) is 11.9. The number of nitrogen functional groups attached to an aromatic ring is 1. The third-order valence-electron chi connectivity index (χ3n) is 10.7. The first-order chi connectivity index (χ1) is 28.2. The first kappa shape index (κ1) is 38.7. The quantitative estimate of drug-likeness (QED) is 0.0773.